The SMILES string of the molecule is CCCCCCCCC=CCCCCCCCC(=O)COC(COC(=O)CCCCCCCCCCCCCCC)COC(=O)CCCCCCCCCCCCCCCCC. The molecule has 1 unspecified atom stereocenters. The standard InChI is InChI=1S/C56H106O6/c1-4-7-10-13-16-19-22-25-27-30-32-35-38-41-44-47-53(57)50-60-54(51-61-55(58)48-45-42-39-36-33-29-24-21-18-15-12-9-6-3)52-62-56(59)49-46-43-40-37-34-31-28-26-23-20-17-14-11-8-5-2/h25,27,54H,4-24,26,28-52H2,1-3H3. The van der Waals surface area contributed by atoms with Gasteiger partial charge < -0.3 is 14.2 Å². The Morgan fingerprint density at radius 2 is 0.597 bits per heavy atom. The third kappa shape index (κ3) is 49.3. The number of ketones is 1. The molecule has 0 aliphatic carbocycles. The van der Waals surface area contributed by atoms with Gasteiger partial charge in [-0.3, -0.25) is 14.4 Å². The van der Waals surface area contributed by atoms with Crippen LogP contribution in [0.4, 0.5) is 0 Å². The summed E-state index contributed by atoms with van der Waals surface area (Å²) in [5.41, 5.74) is 0. The van der Waals surface area contributed by atoms with Crippen molar-refractivity contribution in [2.75, 3.05) is 19.8 Å². The number of esters is 2. The van der Waals surface area contributed by atoms with E-state index >= 15 is 0 Å². The molecule has 6 nitrogen and oxygen atoms in total. The number of rotatable bonds is 52. The van der Waals surface area contributed by atoms with Crippen LogP contribution in [0, 0.1) is 0 Å². The maximum atomic E-state index is 12.7. The van der Waals surface area contributed by atoms with Crippen LogP contribution in [0.3, 0.4) is 0 Å². The Hall–Kier alpha value is -1.69. The molecule has 0 fully saturated rings. The van der Waals surface area contributed by atoms with Gasteiger partial charge in [0.1, 0.15) is 25.9 Å². The summed E-state index contributed by atoms with van der Waals surface area (Å²) < 4.78 is 17.1. The van der Waals surface area contributed by atoms with Crippen molar-refractivity contribution in [3.63, 3.8) is 0 Å². The van der Waals surface area contributed by atoms with Crippen LogP contribution in [0.15, 0.2) is 12.2 Å². The van der Waals surface area contributed by atoms with Crippen molar-refractivity contribution in [1.29, 1.82) is 0 Å². The number of hydrogen-bond donors (Lipinski definition) is 0. The van der Waals surface area contributed by atoms with Gasteiger partial charge in [0.2, 0.25) is 0 Å². The molecule has 6 heteroatoms. The highest BCUT2D eigenvalue weighted by Crippen LogP contribution is 2.16. The molecule has 0 spiro atoms. The van der Waals surface area contributed by atoms with E-state index in [0.29, 0.717) is 19.3 Å². The van der Waals surface area contributed by atoms with E-state index in [2.05, 4.69) is 32.9 Å². The number of carbonyl (C=O) groups excluding carboxylic acids is 3. The van der Waals surface area contributed by atoms with Crippen LogP contribution in [-0.2, 0) is 28.6 Å². The Labute approximate surface area is 386 Å². The molecule has 0 amide bonds. The van der Waals surface area contributed by atoms with Gasteiger partial charge in [-0.25, -0.2) is 0 Å². The number of unbranched alkanes of at least 4 members (excludes halogenated alkanes) is 37. The predicted molar refractivity (Wildman–Crippen MR) is 266 cm³/mol. The largest absolute Gasteiger partial charge is 0.463 e. The molecule has 62 heavy (non-hydrogen) atoms. The van der Waals surface area contributed by atoms with E-state index in [9.17, 15) is 14.4 Å². The molecule has 0 aromatic carbocycles. The zero-order chi connectivity index (χ0) is 45.1. The van der Waals surface area contributed by atoms with Crippen LogP contribution in [0.2, 0.25) is 0 Å². The lowest BCUT2D eigenvalue weighted by Gasteiger charge is -2.18. The summed E-state index contributed by atoms with van der Waals surface area (Å²) in [6.07, 6.45) is 56.9. The van der Waals surface area contributed by atoms with Gasteiger partial charge in [-0.2, -0.15) is 0 Å². The fourth-order valence-electron chi connectivity index (χ4n) is 8.26. The average molecular weight is 875 g/mol. The molecule has 0 saturated heterocycles. The van der Waals surface area contributed by atoms with Crippen LogP contribution in [-0.4, -0.2) is 43.6 Å². The van der Waals surface area contributed by atoms with E-state index in [0.717, 1.165) is 64.2 Å². The molecule has 0 aromatic rings. The summed E-state index contributed by atoms with van der Waals surface area (Å²) in [6.45, 7) is 6.78. The summed E-state index contributed by atoms with van der Waals surface area (Å²) in [5.74, 6) is -0.438. The van der Waals surface area contributed by atoms with E-state index < -0.39 is 6.10 Å². The summed E-state index contributed by atoms with van der Waals surface area (Å²) in [7, 11) is 0. The highest BCUT2D eigenvalue weighted by atomic mass is 16.6. The first-order chi connectivity index (χ1) is 30.5. The number of carbonyl (C=O) groups is 3. The Morgan fingerprint density at radius 3 is 0.903 bits per heavy atom. The zero-order valence-electron chi connectivity index (χ0n) is 41.9. The summed E-state index contributed by atoms with van der Waals surface area (Å²) >= 11 is 0. The van der Waals surface area contributed by atoms with Crippen molar-refractivity contribution < 1.29 is 28.6 Å². The Balaban J connectivity index is 4.32. The maximum absolute atomic E-state index is 12.7. The Bertz CT molecular complexity index is 962. The van der Waals surface area contributed by atoms with Crippen molar-refractivity contribution in [2.24, 2.45) is 0 Å². The second-order valence-corrected chi connectivity index (χ2v) is 18.9. The van der Waals surface area contributed by atoms with Crippen molar-refractivity contribution in [2.45, 2.75) is 309 Å². The van der Waals surface area contributed by atoms with Gasteiger partial charge in [-0.15, -0.1) is 0 Å². The number of ether oxygens (including phenoxy) is 3. The second kappa shape index (κ2) is 51.9. The molecule has 0 bridgehead atoms. The van der Waals surface area contributed by atoms with Crippen LogP contribution >= 0.6 is 0 Å². The first kappa shape index (κ1) is 60.3. The quantitative estimate of drug-likeness (QED) is 0.0344. The fraction of sp³-hybridized carbons (Fsp3) is 0.911. The molecule has 0 saturated carbocycles. The Morgan fingerprint density at radius 1 is 0.339 bits per heavy atom. The van der Waals surface area contributed by atoms with Crippen LogP contribution < -0.4 is 0 Å². The van der Waals surface area contributed by atoms with Gasteiger partial charge in [-0.1, -0.05) is 251 Å². The summed E-state index contributed by atoms with van der Waals surface area (Å²) in [6, 6.07) is 0. The monoisotopic (exact) mass is 875 g/mol. The lowest BCUT2D eigenvalue weighted by molar-refractivity contribution is -0.156. The normalized spacial score (nSPS) is 12.0. The third-order valence-electron chi connectivity index (χ3n) is 12.5. The van der Waals surface area contributed by atoms with Gasteiger partial charge in [-0.05, 0) is 44.9 Å². The van der Waals surface area contributed by atoms with Gasteiger partial charge in [0.05, 0.1) is 0 Å². The predicted octanol–water partition coefficient (Wildman–Crippen LogP) is 17.8. The van der Waals surface area contributed by atoms with E-state index in [4.69, 9.17) is 14.2 Å². The Kier molecular flexibility index (Phi) is 50.5. The minimum Gasteiger partial charge on any atom is -0.463 e. The van der Waals surface area contributed by atoms with Crippen molar-refractivity contribution in [3.8, 4) is 0 Å². The number of hydrogen-bond acceptors (Lipinski definition) is 6. The molecular formula is C56H106O6. The highest BCUT2D eigenvalue weighted by molar-refractivity contribution is 5.79. The minimum atomic E-state index is -0.631. The first-order valence-corrected chi connectivity index (χ1v) is 27.6. The lowest BCUT2D eigenvalue weighted by atomic mass is 10.0. The topological polar surface area (TPSA) is 78.9 Å². The number of allylic oxidation sites excluding steroid dienone is 2. The number of Topliss-reactive ketones (excluding diaryl/α,β-unsaturated/α-hetero) is 1. The van der Waals surface area contributed by atoms with E-state index in [1.54, 1.807) is 0 Å². The summed E-state index contributed by atoms with van der Waals surface area (Å²) in [4.78, 5) is 38.0. The van der Waals surface area contributed by atoms with E-state index in [1.165, 1.54) is 199 Å². The van der Waals surface area contributed by atoms with Crippen LogP contribution in [0.25, 0.3) is 0 Å². The highest BCUT2D eigenvalue weighted by Gasteiger charge is 2.17. The van der Waals surface area contributed by atoms with Crippen molar-refractivity contribution in [1.82, 2.24) is 0 Å². The maximum Gasteiger partial charge on any atom is 0.305 e. The molecule has 366 valence electrons. The van der Waals surface area contributed by atoms with Gasteiger partial charge in [0.25, 0.3) is 0 Å². The molecule has 0 aliphatic rings. The minimum absolute atomic E-state index is 0.00417. The van der Waals surface area contributed by atoms with E-state index in [-0.39, 0.29) is 37.5 Å². The molecule has 0 N–H and O–H groups in total. The van der Waals surface area contributed by atoms with Crippen molar-refractivity contribution >= 4 is 17.7 Å². The van der Waals surface area contributed by atoms with Gasteiger partial charge >= 0.3 is 11.9 Å². The zero-order valence-corrected chi connectivity index (χ0v) is 41.9. The molecular weight excluding hydrogens is 769 g/mol. The van der Waals surface area contributed by atoms with Crippen molar-refractivity contribution in [3.05, 3.63) is 12.2 Å². The van der Waals surface area contributed by atoms with Crippen LogP contribution in [0.5, 0.6) is 0 Å². The van der Waals surface area contributed by atoms with E-state index in [1.807, 2.05) is 0 Å². The third-order valence-corrected chi connectivity index (χ3v) is 12.5. The molecule has 0 radical (unpaired) electrons. The second-order valence-electron chi connectivity index (χ2n) is 18.9. The molecule has 0 aromatic heterocycles. The fourth-order valence-corrected chi connectivity index (χ4v) is 8.26. The lowest BCUT2D eigenvalue weighted by Crippen LogP contribution is -2.30. The average Bonchev–Trinajstić information content (AvgIpc) is 3.27. The molecule has 0 heterocycles. The summed E-state index contributed by atoms with van der Waals surface area (Å²) in [5, 5.41) is 0. The van der Waals surface area contributed by atoms with Gasteiger partial charge in [0.15, 0.2) is 5.78 Å². The molecule has 1 atom stereocenters. The van der Waals surface area contributed by atoms with Crippen LogP contribution in [0.1, 0.15) is 303 Å². The van der Waals surface area contributed by atoms with Gasteiger partial charge in [0, 0.05) is 19.3 Å². The smallest absolute Gasteiger partial charge is 0.305 e. The first-order valence-electron chi connectivity index (χ1n) is 27.6. The molecule has 0 rings (SSSR count). The molecule has 0 aliphatic heterocycles.